The quantitative estimate of drug-likeness (QED) is 0.854. The molecule has 2 aromatic carbocycles. The van der Waals surface area contributed by atoms with Crippen LogP contribution in [0, 0.1) is 5.82 Å². The number of hydrogen-bond acceptors (Lipinski definition) is 2. The third-order valence-corrected chi connectivity index (χ3v) is 4.57. The van der Waals surface area contributed by atoms with Gasteiger partial charge >= 0.3 is 6.03 Å². The van der Waals surface area contributed by atoms with Crippen molar-refractivity contribution in [3.05, 3.63) is 64.9 Å². The van der Waals surface area contributed by atoms with Crippen LogP contribution in [0.5, 0.6) is 0 Å². The van der Waals surface area contributed by atoms with E-state index in [1.807, 2.05) is 0 Å². The van der Waals surface area contributed by atoms with Gasteiger partial charge in [0.25, 0.3) is 0 Å². The first-order chi connectivity index (χ1) is 12.5. The number of amides is 3. The third-order valence-electron chi connectivity index (χ3n) is 4.32. The minimum absolute atomic E-state index is 0.0919. The van der Waals surface area contributed by atoms with E-state index in [9.17, 15) is 14.0 Å². The maximum absolute atomic E-state index is 13.7. The summed E-state index contributed by atoms with van der Waals surface area (Å²) in [4.78, 5) is 26.5. The monoisotopic (exact) mass is 375 g/mol. The fraction of sp³-hybridized carbons (Fsp3) is 0.263. The van der Waals surface area contributed by atoms with Crippen LogP contribution in [0.15, 0.2) is 48.5 Å². The van der Waals surface area contributed by atoms with Gasteiger partial charge in [0.1, 0.15) is 11.9 Å². The fourth-order valence-electron chi connectivity index (χ4n) is 2.95. The summed E-state index contributed by atoms with van der Waals surface area (Å²) in [6, 6.07) is 12.1. The first-order valence-corrected chi connectivity index (χ1v) is 8.76. The second kappa shape index (κ2) is 8.19. The summed E-state index contributed by atoms with van der Waals surface area (Å²) in [7, 11) is 0. The molecule has 3 rings (SSSR count). The molecule has 1 aliphatic rings. The van der Waals surface area contributed by atoms with Gasteiger partial charge < -0.3 is 15.5 Å². The number of nitrogens with one attached hydrogen (secondary N) is 2. The van der Waals surface area contributed by atoms with Gasteiger partial charge in [0.2, 0.25) is 5.91 Å². The molecule has 0 unspecified atom stereocenters. The molecule has 1 aliphatic heterocycles. The van der Waals surface area contributed by atoms with E-state index in [1.165, 1.54) is 11.0 Å². The number of urea groups is 1. The van der Waals surface area contributed by atoms with Crippen molar-refractivity contribution in [3.63, 3.8) is 0 Å². The van der Waals surface area contributed by atoms with Crippen LogP contribution in [0.2, 0.25) is 5.02 Å². The zero-order chi connectivity index (χ0) is 18.5. The lowest BCUT2D eigenvalue weighted by Gasteiger charge is -2.24. The molecule has 1 saturated heterocycles. The zero-order valence-electron chi connectivity index (χ0n) is 14.0. The number of likely N-dealkylation sites (tertiary alicyclic amines) is 1. The van der Waals surface area contributed by atoms with Crippen molar-refractivity contribution in [1.82, 2.24) is 10.2 Å². The van der Waals surface area contributed by atoms with Crippen LogP contribution in [0.25, 0.3) is 0 Å². The van der Waals surface area contributed by atoms with Gasteiger partial charge in [-0.15, -0.1) is 0 Å². The van der Waals surface area contributed by atoms with E-state index in [0.717, 1.165) is 6.42 Å². The summed E-state index contributed by atoms with van der Waals surface area (Å²) in [5.41, 5.74) is 1.02. The Morgan fingerprint density at radius 1 is 1.15 bits per heavy atom. The first-order valence-electron chi connectivity index (χ1n) is 8.39. The Kier molecular flexibility index (Phi) is 5.73. The van der Waals surface area contributed by atoms with E-state index in [-0.39, 0.29) is 24.3 Å². The average molecular weight is 376 g/mol. The predicted octanol–water partition coefficient (Wildman–Crippen LogP) is 3.79. The van der Waals surface area contributed by atoms with Crippen molar-refractivity contribution in [1.29, 1.82) is 0 Å². The molecule has 0 aliphatic carbocycles. The SMILES string of the molecule is O=C(NCc1ccccc1F)[C@H]1CCCN1C(=O)Nc1ccc(Cl)cc1. The molecule has 5 nitrogen and oxygen atoms in total. The van der Waals surface area contributed by atoms with Gasteiger partial charge in [-0.1, -0.05) is 29.8 Å². The summed E-state index contributed by atoms with van der Waals surface area (Å²) < 4.78 is 13.7. The lowest BCUT2D eigenvalue weighted by Crippen LogP contribution is -2.47. The highest BCUT2D eigenvalue weighted by atomic mass is 35.5. The maximum Gasteiger partial charge on any atom is 0.322 e. The molecule has 0 spiro atoms. The number of halogens is 2. The Balaban J connectivity index is 1.59. The van der Waals surface area contributed by atoms with E-state index >= 15 is 0 Å². The second-order valence-electron chi connectivity index (χ2n) is 6.10. The summed E-state index contributed by atoms with van der Waals surface area (Å²) in [6.45, 7) is 0.589. The molecule has 0 radical (unpaired) electrons. The molecule has 0 aromatic heterocycles. The van der Waals surface area contributed by atoms with Gasteiger partial charge in [0.15, 0.2) is 0 Å². The Morgan fingerprint density at radius 2 is 1.88 bits per heavy atom. The number of anilines is 1. The van der Waals surface area contributed by atoms with Crippen molar-refractivity contribution in [2.75, 3.05) is 11.9 Å². The number of rotatable bonds is 4. The molecule has 136 valence electrons. The molecule has 7 heteroatoms. The van der Waals surface area contributed by atoms with Gasteiger partial charge in [0.05, 0.1) is 0 Å². The van der Waals surface area contributed by atoms with Crippen molar-refractivity contribution in [2.45, 2.75) is 25.4 Å². The average Bonchev–Trinajstić information content (AvgIpc) is 3.13. The van der Waals surface area contributed by atoms with Gasteiger partial charge in [-0.2, -0.15) is 0 Å². The molecule has 2 N–H and O–H groups in total. The highest BCUT2D eigenvalue weighted by Gasteiger charge is 2.34. The summed E-state index contributed by atoms with van der Waals surface area (Å²) in [6.07, 6.45) is 1.32. The Morgan fingerprint density at radius 3 is 2.62 bits per heavy atom. The molecule has 0 bridgehead atoms. The first kappa shape index (κ1) is 18.2. The van der Waals surface area contributed by atoms with Crippen LogP contribution >= 0.6 is 11.6 Å². The molecule has 1 heterocycles. The molecule has 0 saturated carbocycles. The third kappa shape index (κ3) is 4.32. The van der Waals surface area contributed by atoms with Crippen molar-refractivity contribution < 1.29 is 14.0 Å². The fourth-order valence-corrected chi connectivity index (χ4v) is 3.08. The van der Waals surface area contributed by atoms with E-state index < -0.39 is 6.04 Å². The minimum atomic E-state index is -0.561. The van der Waals surface area contributed by atoms with Crippen molar-refractivity contribution >= 4 is 29.2 Å². The van der Waals surface area contributed by atoms with Gasteiger partial charge in [0, 0.05) is 29.4 Å². The van der Waals surface area contributed by atoms with Crippen LogP contribution in [0.3, 0.4) is 0 Å². The highest BCUT2D eigenvalue weighted by molar-refractivity contribution is 6.30. The Bertz CT molecular complexity index is 798. The maximum atomic E-state index is 13.7. The van der Waals surface area contributed by atoms with Gasteiger partial charge in [-0.05, 0) is 43.2 Å². The van der Waals surface area contributed by atoms with Crippen LogP contribution in [0.1, 0.15) is 18.4 Å². The van der Waals surface area contributed by atoms with Crippen molar-refractivity contribution in [2.24, 2.45) is 0 Å². The lowest BCUT2D eigenvalue weighted by molar-refractivity contribution is -0.124. The smallest absolute Gasteiger partial charge is 0.322 e. The van der Waals surface area contributed by atoms with E-state index in [4.69, 9.17) is 11.6 Å². The number of carbonyl (C=O) groups excluding carboxylic acids is 2. The summed E-state index contributed by atoms with van der Waals surface area (Å²) >= 11 is 5.83. The number of hydrogen-bond donors (Lipinski definition) is 2. The van der Waals surface area contributed by atoms with Gasteiger partial charge in [-0.3, -0.25) is 4.79 Å². The molecule has 3 amide bonds. The van der Waals surface area contributed by atoms with Crippen LogP contribution in [-0.4, -0.2) is 29.4 Å². The normalized spacial score (nSPS) is 16.4. The lowest BCUT2D eigenvalue weighted by atomic mass is 10.2. The number of carbonyl (C=O) groups is 2. The van der Waals surface area contributed by atoms with E-state index in [0.29, 0.717) is 29.2 Å². The highest BCUT2D eigenvalue weighted by Crippen LogP contribution is 2.20. The van der Waals surface area contributed by atoms with E-state index in [1.54, 1.807) is 42.5 Å². The van der Waals surface area contributed by atoms with Crippen LogP contribution in [-0.2, 0) is 11.3 Å². The predicted molar refractivity (Wildman–Crippen MR) is 98.4 cm³/mol. The van der Waals surface area contributed by atoms with Gasteiger partial charge in [-0.25, -0.2) is 9.18 Å². The Labute approximate surface area is 156 Å². The van der Waals surface area contributed by atoms with Crippen LogP contribution in [0.4, 0.5) is 14.9 Å². The molecule has 1 atom stereocenters. The standard InChI is InChI=1S/C19H19ClFN3O2/c20-14-7-9-15(10-8-14)23-19(26)24-11-3-6-17(24)18(25)22-12-13-4-1-2-5-16(13)21/h1-2,4-5,7-10,17H,3,6,11-12H2,(H,22,25)(H,23,26)/t17-/m1/s1. The second-order valence-corrected chi connectivity index (χ2v) is 6.53. The molecular weight excluding hydrogens is 357 g/mol. The Hall–Kier alpha value is -2.60. The topological polar surface area (TPSA) is 61.4 Å². The molecule has 1 fully saturated rings. The van der Waals surface area contributed by atoms with Crippen LogP contribution < -0.4 is 10.6 Å². The van der Waals surface area contributed by atoms with Crippen molar-refractivity contribution in [3.8, 4) is 0 Å². The molecular formula is C19H19ClFN3O2. The largest absolute Gasteiger partial charge is 0.350 e. The zero-order valence-corrected chi connectivity index (χ0v) is 14.8. The van der Waals surface area contributed by atoms with E-state index in [2.05, 4.69) is 10.6 Å². The summed E-state index contributed by atoms with van der Waals surface area (Å²) in [5.74, 6) is -0.645. The minimum Gasteiger partial charge on any atom is -0.350 e. The number of nitrogens with zero attached hydrogens (tertiary/aromatic N) is 1. The molecule has 2 aromatic rings. The summed E-state index contributed by atoms with van der Waals surface area (Å²) in [5, 5.41) is 6.07. The molecule has 26 heavy (non-hydrogen) atoms. The number of benzene rings is 2.